The summed E-state index contributed by atoms with van der Waals surface area (Å²) < 4.78 is 43.2. The van der Waals surface area contributed by atoms with Crippen LogP contribution in [0.1, 0.15) is 36.5 Å². The zero-order valence-electron chi connectivity index (χ0n) is 16.5. The van der Waals surface area contributed by atoms with E-state index < -0.39 is 12.7 Å². The number of hydrogen-bond acceptors (Lipinski definition) is 3. The molecule has 1 saturated heterocycles. The summed E-state index contributed by atoms with van der Waals surface area (Å²) in [6.45, 7) is 5.92. The molecule has 1 fully saturated rings. The van der Waals surface area contributed by atoms with Gasteiger partial charge in [-0.1, -0.05) is 12.1 Å². The Labute approximate surface area is 163 Å². The van der Waals surface area contributed by atoms with E-state index in [1.54, 1.807) is 6.26 Å². The molecule has 0 spiro atoms. The molecule has 4 nitrogen and oxygen atoms in total. The molecular weight excluding hydrogens is 369 g/mol. The number of fused-ring (bicyclic) bond motifs is 1. The Hall–Kier alpha value is -2.02. The van der Waals surface area contributed by atoms with Crippen molar-refractivity contribution in [3.63, 3.8) is 0 Å². The quantitative estimate of drug-likeness (QED) is 0.816. The summed E-state index contributed by atoms with van der Waals surface area (Å²) in [5.41, 5.74) is 3.88. The maximum absolute atomic E-state index is 12.5. The van der Waals surface area contributed by atoms with Gasteiger partial charge in [0, 0.05) is 17.0 Å². The van der Waals surface area contributed by atoms with Gasteiger partial charge in [-0.15, -0.1) is 0 Å². The molecule has 2 aromatic rings. The van der Waals surface area contributed by atoms with E-state index >= 15 is 0 Å². The molecule has 0 aliphatic carbocycles. The molecule has 0 saturated carbocycles. The maximum Gasteiger partial charge on any atom is 0.401 e. The Bertz CT molecular complexity index is 836. The number of halogens is 3. The van der Waals surface area contributed by atoms with Crippen molar-refractivity contribution in [2.75, 3.05) is 19.6 Å². The molecular formula is C21H27F3N2O2. The van der Waals surface area contributed by atoms with Gasteiger partial charge in [0.25, 0.3) is 0 Å². The van der Waals surface area contributed by atoms with Crippen LogP contribution < -0.4 is 5.32 Å². The van der Waals surface area contributed by atoms with Gasteiger partial charge in [0.15, 0.2) is 0 Å². The molecule has 1 atom stereocenters. The van der Waals surface area contributed by atoms with Gasteiger partial charge >= 0.3 is 6.18 Å². The third kappa shape index (κ3) is 4.87. The van der Waals surface area contributed by atoms with Crippen molar-refractivity contribution < 1.29 is 22.4 Å². The molecule has 1 aromatic heterocycles. The molecule has 1 aromatic carbocycles. The summed E-state index contributed by atoms with van der Waals surface area (Å²) in [6, 6.07) is 3.93. The number of nitrogens with one attached hydrogen (secondary N) is 1. The van der Waals surface area contributed by atoms with Gasteiger partial charge in [-0.3, -0.25) is 9.69 Å². The Morgan fingerprint density at radius 2 is 1.96 bits per heavy atom. The third-order valence-electron chi connectivity index (χ3n) is 5.82. The zero-order valence-corrected chi connectivity index (χ0v) is 16.5. The lowest BCUT2D eigenvalue weighted by Gasteiger charge is -2.35. The monoisotopic (exact) mass is 396 g/mol. The number of hydrogen-bond donors (Lipinski definition) is 1. The highest BCUT2D eigenvalue weighted by atomic mass is 19.4. The van der Waals surface area contributed by atoms with Crippen LogP contribution in [-0.2, 0) is 11.2 Å². The summed E-state index contributed by atoms with van der Waals surface area (Å²) in [7, 11) is 0. The lowest BCUT2D eigenvalue weighted by Crippen LogP contribution is -2.46. The molecule has 1 aliphatic heterocycles. The molecule has 2 heterocycles. The number of amides is 1. The van der Waals surface area contributed by atoms with Gasteiger partial charge in [0.05, 0.1) is 19.2 Å². The number of aryl methyl sites for hydroxylation is 2. The second-order valence-electron chi connectivity index (χ2n) is 7.91. The standard InChI is InChI=1S/C21H27F3N2O2/c1-13-4-5-18-17(11-28-20(18)14(13)2)10-19(27)25-15(3)16-6-8-26(9-7-16)12-21(22,23)24/h4-5,11,15-16H,6-10,12H2,1-3H3,(H,25,27)/t15-/m1/s1. The molecule has 1 amide bonds. The number of nitrogens with zero attached hydrogens (tertiary/aromatic N) is 1. The normalized spacial score (nSPS) is 17.8. The number of benzene rings is 1. The van der Waals surface area contributed by atoms with E-state index in [1.807, 2.05) is 32.9 Å². The average molecular weight is 396 g/mol. The van der Waals surface area contributed by atoms with Crippen LogP contribution in [0.2, 0.25) is 0 Å². The lowest BCUT2D eigenvalue weighted by molar-refractivity contribution is -0.148. The smallest absolute Gasteiger partial charge is 0.401 e. The van der Waals surface area contributed by atoms with Crippen LogP contribution in [0.15, 0.2) is 22.8 Å². The predicted octanol–water partition coefficient (Wildman–Crippen LogP) is 4.37. The minimum absolute atomic E-state index is 0.0670. The molecule has 3 rings (SSSR count). The number of carbonyl (C=O) groups excluding carboxylic acids is 1. The summed E-state index contributed by atoms with van der Waals surface area (Å²) >= 11 is 0. The van der Waals surface area contributed by atoms with E-state index in [-0.39, 0.29) is 24.3 Å². The Kier molecular flexibility index (Phi) is 6.03. The number of alkyl halides is 3. The van der Waals surface area contributed by atoms with Crippen molar-refractivity contribution in [3.8, 4) is 0 Å². The van der Waals surface area contributed by atoms with Crippen LogP contribution in [0.25, 0.3) is 11.0 Å². The Balaban J connectivity index is 1.54. The van der Waals surface area contributed by atoms with Crippen LogP contribution in [0, 0.1) is 19.8 Å². The van der Waals surface area contributed by atoms with Crippen LogP contribution in [0.3, 0.4) is 0 Å². The first-order valence-corrected chi connectivity index (χ1v) is 9.69. The van der Waals surface area contributed by atoms with E-state index in [2.05, 4.69) is 5.32 Å². The second-order valence-corrected chi connectivity index (χ2v) is 7.91. The van der Waals surface area contributed by atoms with Crippen molar-refractivity contribution >= 4 is 16.9 Å². The highest BCUT2D eigenvalue weighted by molar-refractivity contribution is 5.89. The number of carbonyl (C=O) groups is 1. The lowest BCUT2D eigenvalue weighted by atomic mass is 9.90. The van der Waals surface area contributed by atoms with E-state index in [0.29, 0.717) is 25.9 Å². The topological polar surface area (TPSA) is 45.5 Å². The molecule has 1 N–H and O–H groups in total. The summed E-state index contributed by atoms with van der Waals surface area (Å²) in [5, 5.41) is 3.97. The first-order valence-electron chi connectivity index (χ1n) is 9.69. The minimum Gasteiger partial charge on any atom is -0.464 e. The van der Waals surface area contributed by atoms with Crippen molar-refractivity contribution in [2.45, 2.75) is 52.3 Å². The average Bonchev–Trinajstić information content (AvgIpc) is 3.00. The van der Waals surface area contributed by atoms with Crippen LogP contribution in [-0.4, -0.2) is 42.7 Å². The fourth-order valence-electron chi connectivity index (χ4n) is 3.99. The molecule has 28 heavy (non-hydrogen) atoms. The van der Waals surface area contributed by atoms with E-state index in [0.717, 1.165) is 27.7 Å². The molecule has 0 unspecified atom stereocenters. The zero-order chi connectivity index (χ0) is 20.5. The van der Waals surface area contributed by atoms with Crippen molar-refractivity contribution in [2.24, 2.45) is 5.92 Å². The molecule has 0 bridgehead atoms. The second kappa shape index (κ2) is 8.15. The van der Waals surface area contributed by atoms with Crippen LogP contribution in [0.4, 0.5) is 13.2 Å². The molecule has 0 radical (unpaired) electrons. The SMILES string of the molecule is Cc1ccc2c(CC(=O)N[C@H](C)C3CCN(CC(F)(F)F)CC3)coc2c1C. The summed E-state index contributed by atoms with van der Waals surface area (Å²) in [6.07, 6.45) is -0.976. The number of likely N-dealkylation sites (tertiary alicyclic amines) is 1. The Morgan fingerprint density at radius 3 is 2.61 bits per heavy atom. The van der Waals surface area contributed by atoms with Crippen LogP contribution >= 0.6 is 0 Å². The van der Waals surface area contributed by atoms with Gasteiger partial charge in [0.2, 0.25) is 5.91 Å². The molecule has 7 heteroatoms. The summed E-state index contributed by atoms with van der Waals surface area (Å²) in [4.78, 5) is 13.9. The van der Waals surface area contributed by atoms with Gasteiger partial charge in [-0.25, -0.2) is 0 Å². The first kappa shape index (κ1) is 20.7. The summed E-state index contributed by atoms with van der Waals surface area (Å²) in [5.74, 6) is 0.102. The Morgan fingerprint density at radius 1 is 1.29 bits per heavy atom. The number of furan rings is 1. The van der Waals surface area contributed by atoms with Crippen molar-refractivity contribution in [1.29, 1.82) is 0 Å². The first-order chi connectivity index (χ1) is 13.1. The van der Waals surface area contributed by atoms with E-state index in [4.69, 9.17) is 4.42 Å². The van der Waals surface area contributed by atoms with E-state index in [9.17, 15) is 18.0 Å². The van der Waals surface area contributed by atoms with Gasteiger partial charge in [-0.2, -0.15) is 13.2 Å². The highest BCUT2D eigenvalue weighted by Crippen LogP contribution is 2.27. The predicted molar refractivity (Wildman–Crippen MR) is 102 cm³/mol. The van der Waals surface area contributed by atoms with Crippen LogP contribution in [0.5, 0.6) is 0 Å². The number of piperidine rings is 1. The maximum atomic E-state index is 12.5. The largest absolute Gasteiger partial charge is 0.464 e. The fraction of sp³-hybridized carbons (Fsp3) is 0.571. The third-order valence-corrected chi connectivity index (χ3v) is 5.82. The van der Waals surface area contributed by atoms with Crippen molar-refractivity contribution in [1.82, 2.24) is 10.2 Å². The van der Waals surface area contributed by atoms with Gasteiger partial charge in [0.1, 0.15) is 5.58 Å². The number of rotatable bonds is 5. The van der Waals surface area contributed by atoms with Crippen molar-refractivity contribution in [3.05, 3.63) is 35.1 Å². The highest BCUT2D eigenvalue weighted by Gasteiger charge is 2.33. The van der Waals surface area contributed by atoms with Gasteiger partial charge < -0.3 is 9.73 Å². The van der Waals surface area contributed by atoms with E-state index in [1.165, 1.54) is 4.90 Å². The van der Waals surface area contributed by atoms with Gasteiger partial charge in [-0.05, 0) is 63.7 Å². The molecule has 1 aliphatic rings. The minimum atomic E-state index is -4.16. The molecule has 154 valence electrons. The fourth-order valence-corrected chi connectivity index (χ4v) is 3.99.